The molecule has 1 N–H and O–H groups in total. The molecule has 150 valence electrons. The molecule has 0 fully saturated rings. The molecule has 0 saturated heterocycles. The van der Waals surface area contributed by atoms with Gasteiger partial charge in [-0.1, -0.05) is 48.0 Å². The van der Waals surface area contributed by atoms with E-state index < -0.39 is 6.04 Å². The lowest BCUT2D eigenvalue weighted by Gasteiger charge is -2.19. The Kier molecular flexibility index (Phi) is 7.10. The summed E-state index contributed by atoms with van der Waals surface area (Å²) >= 11 is 1.32. The average molecular weight is 410 g/mol. The molecule has 1 atom stereocenters. The lowest BCUT2D eigenvalue weighted by molar-refractivity contribution is -0.123. The van der Waals surface area contributed by atoms with Crippen LogP contribution in [0.3, 0.4) is 0 Å². The highest BCUT2D eigenvalue weighted by Crippen LogP contribution is 2.18. The molecular formula is C22H23N3O3S. The molecule has 0 saturated carbocycles. The molecule has 1 heterocycles. The number of benzene rings is 2. The zero-order valence-corrected chi connectivity index (χ0v) is 17.2. The van der Waals surface area contributed by atoms with Crippen LogP contribution in [0, 0.1) is 6.92 Å². The van der Waals surface area contributed by atoms with Gasteiger partial charge in [-0.2, -0.15) is 4.99 Å². The van der Waals surface area contributed by atoms with Crippen molar-refractivity contribution in [3.8, 4) is 0 Å². The third-order valence-electron chi connectivity index (χ3n) is 4.36. The fourth-order valence-electron chi connectivity index (χ4n) is 2.86. The lowest BCUT2D eigenvalue weighted by atomic mass is 10.1. The summed E-state index contributed by atoms with van der Waals surface area (Å²) in [6.07, 6.45) is 1.78. The van der Waals surface area contributed by atoms with Gasteiger partial charge in [0.1, 0.15) is 6.04 Å². The molecule has 29 heavy (non-hydrogen) atoms. The number of hydrogen-bond acceptors (Lipinski definition) is 4. The second kappa shape index (κ2) is 9.95. The van der Waals surface area contributed by atoms with Crippen LogP contribution < -0.4 is 10.1 Å². The number of methoxy groups -OCH3 is 1. The SMILES string of the molecule is COCCNC(=O)C(c1ccccc1)n1ccsc1=NC(=O)c1ccc(C)cc1. The maximum absolute atomic E-state index is 13.0. The third kappa shape index (κ3) is 5.28. The van der Waals surface area contributed by atoms with Crippen LogP contribution in [0.4, 0.5) is 0 Å². The average Bonchev–Trinajstić information content (AvgIpc) is 3.17. The Morgan fingerprint density at radius 1 is 1.14 bits per heavy atom. The summed E-state index contributed by atoms with van der Waals surface area (Å²) in [6, 6.07) is 16.1. The van der Waals surface area contributed by atoms with E-state index in [2.05, 4.69) is 10.3 Å². The van der Waals surface area contributed by atoms with Crippen molar-refractivity contribution in [2.45, 2.75) is 13.0 Å². The molecule has 3 rings (SSSR count). The molecule has 7 heteroatoms. The van der Waals surface area contributed by atoms with Crippen molar-refractivity contribution in [3.05, 3.63) is 87.7 Å². The van der Waals surface area contributed by atoms with Crippen molar-refractivity contribution in [3.63, 3.8) is 0 Å². The second-order valence-electron chi connectivity index (χ2n) is 6.47. The van der Waals surface area contributed by atoms with E-state index in [0.29, 0.717) is 23.5 Å². The van der Waals surface area contributed by atoms with Crippen LogP contribution in [-0.2, 0) is 9.53 Å². The van der Waals surface area contributed by atoms with Gasteiger partial charge in [0.25, 0.3) is 5.91 Å². The van der Waals surface area contributed by atoms with E-state index in [0.717, 1.165) is 11.1 Å². The van der Waals surface area contributed by atoms with Crippen molar-refractivity contribution in [2.24, 2.45) is 4.99 Å². The molecule has 0 radical (unpaired) electrons. The Morgan fingerprint density at radius 3 is 2.55 bits per heavy atom. The van der Waals surface area contributed by atoms with Crippen molar-refractivity contribution in [2.75, 3.05) is 20.3 Å². The zero-order chi connectivity index (χ0) is 20.6. The smallest absolute Gasteiger partial charge is 0.279 e. The molecule has 2 aromatic carbocycles. The van der Waals surface area contributed by atoms with Gasteiger partial charge in [-0.25, -0.2) is 0 Å². The van der Waals surface area contributed by atoms with Crippen LogP contribution in [0.5, 0.6) is 0 Å². The van der Waals surface area contributed by atoms with Gasteiger partial charge in [-0.05, 0) is 24.6 Å². The van der Waals surface area contributed by atoms with Crippen LogP contribution in [0.25, 0.3) is 0 Å². The van der Waals surface area contributed by atoms with Crippen molar-refractivity contribution in [1.82, 2.24) is 9.88 Å². The number of carbonyl (C=O) groups is 2. The number of amides is 2. The quantitative estimate of drug-likeness (QED) is 0.610. The van der Waals surface area contributed by atoms with Crippen LogP contribution in [-0.4, -0.2) is 36.6 Å². The summed E-state index contributed by atoms with van der Waals surface area (Å²) in [7, 11) is 1.59. The first-order chi connectivity index (χ1) is 14.1. The molecule has 1 unspecified atom stereocenters. The monoisotopic (exact) mass is 409 g/mol. The van der Waals surface area contributed by atoms with E-state index in [1.807, 2.05) is 54.8 Å². The minimum absolute atomic E-state index is 0.184. The van der Waals surface area contributed by atoms with Crippen LogP contribution >= 0.6 is 11.3 Å². The number of aryl methyl sites for hydroxylation is 1. The molecule has 0 spiro atoms. The van der Waals surface area contributed by atoms with Gasteiger partial charge in [0.2, 0.25) is 5.91 Å². The molecule has 0 aliphatic heterocycles. The van der Waals surface area contributed by atoms with E-state index in [1.54, 1.807) is 30.0 Å². The molecule has 6 nitrogen and oxygen atoms in total. The van der Waals surface area contributed by atoms with Crippen LogP contribution in [0.15, 0.2) is 71.2 Å². The number of nitrogens with one attached hydrogen (secondary N) is 1. The van der Waals surface area contributed by atoms with Crippen molar-refractivity contribution in [1.29, 1.82) is 0 Å². The normalized spacial score (nSPS) is 12.6. The fraction of sp³-hybridized carbons (Fsp3) is 0.227. The first kappa shape index (κ1) is 20.7. The number of rotatable bonds is 7. The van der Waals surface area contributed by atoms with Crippen LogP contribution in [0.2, 0.25) is 0 Å². The zero-order valence-electron chi connectivity index (χ0n) is 16.4. The summed E-state index contributed by atoms with van der Waals surface area (Å²) in [6.45, 7) is 2.79. The topological polar surface area (TPSA) is 72.7 Å². The van der Waals surface area contributed by atoms with E-state index in [9.17, 15) is 9.59 Å². The summed E-state index contributed by atoms with van der Waals surface area (Å²) in [5.41, 5.74) is 2.39. The number of aromatic nitrogens is 1. The van der Waals surface area contributed by atoms with E-state index in [1.165, 1.54) is 11.3 Å². The highest BCUT2D eigenvalue weighted by atomic mass is 32.1. The van der Waals surface area contributed by atoms with E-state index in [-0.39, 0.29) is 11.8 Å². The molecular weight excluding hydrogens is 386 g/mol. The highest BCUT2D eigenvalue weighted by Gasteiger charge is 2.23. The Hall–Kier alpha value is -3.03. The number of carbonyl (C=O) groups excluding carboxylic acids is 2. The Balaban J connectivity index is 1.97. The molecule has 0 bridgehead atoms. The molecule has 0 aliphatic rings. The first-order valence-electron chi connectivity index (χ1n) is 9.23. The van der Waals surface area contributed by atoms with Crippen molar-refractivity contribution < 1.29 is 14.3 Å². The number of nitrogens with zero attached hydrogens (tertiary/aromatic N) is 2. The van der Waals surface area contributed by atoms with Gasteiger partial charge in [0, 0.05) is 30.8 Å². The molecule has 3 aromatic rings. The minimum Gasteiger partial charge on any atom is -0.383 e. The maximum Gasteiger partial charge on any atom is 0.279 e. The predicted octanol–water partition coefficient (Wildman–Crippen LogP) is 2.95. The second-order valence-corrected chi connectivity index (χ2v) is 7.35. The molecule has 0 aliphatic carbocycles. The summed E-state index contributed by atoms with van der Waals surface area (Å²) in [5, 5.41) is 4.70. The number of thiazole rings is 1. The van der Waals surface area contributed by atoms with E-state index in [4.69, 9.17) is 4.74 Å². The summed E-state index contributed by atoms with van der Waals surface area (Å²) < 4.78 is 6.75. The van der Waals surface area contributed by atoms with Crippen LogP contribution in [0.1, 0.15) is 27.5 Å². The largest absolute Gasteiger partial charge is 0.383 e. The lowest BCUT2D eigenvalue weighted by Crippen LogP contribution is -2.38. The van der Waals surface area contributed by atoms with Gasteiger partial charge in [0.15, 0.2) is 4.80 Å². The minimum atomic E-state index is -0.635. The number of ether oxygens (including phenoxy) is 1. The van der Waals surface area contributed by atoms with E-state index >= 15 is 0 Å². The Morgan fingerprint density at radius 2 is 1.86 bits per heavy atom. The Labute approximate surface area is 173 Å². The maximum atomic E-state index is 13.0. The van der Waals surface area contributed by atoms with Gasteiger partial charge in [0.05, 0.1) is 6.61 Å². The highest BCUT2D eigenvalue weighted by molar-refractivity contribution is 7.07. The van der Waals surface area contributed by atoms with Gasteiger partial charge in [-0.15, -0.1) is 11.3 Å². The third-order valence-corrected chi connectivity index (χ3v) is 5.13. The molecule has 2 amide bonds. The summed E-state index contributed by atoms with van der Waals surface area (Å²) in [4.78, 5) is 30.3. The van der Waals surface area contributed by atoms with Gasteiger partial charge in [-0.3, -0.25) is 9.59 Å². The Bertz CT molecular complexity index is 1020. The molecule has 1 aromatic heterocycles. The summed E-state index contributed by atoms with van der Waals surface area (Å²) in [5.74, 6) is -0.524. The van der Waals surface area contributed by atoms with Gasteiger partial charge >= 0.3 is 0 Å². The van der Waals surface area contributed by atoms with Gasteiger partial charge < -0.3 is 14.6 Å². The standard InChI is InChI=1S/C22H23N3O3S/c1-16-8-10-18(11-9-16)20(26)24-22-25(13-15-29-22)19(17-6-4-3-5-7-17)21(27)23-12-14-28-2/h3-11,13,15,19H,12,14H2,1-2H3,(H,23,27). The first-order valence-corrected chi connectivity index (χ1v) is 10.1. The number of hydrogen-bond donors (Lipinski definition) is 1. The van der Waals surface area contributed by atoms with Crippen molar-refractivity contribution >= 4 is 23.2 Å². The predicted molar refractivity (Wildman–Crippen MR) is 113 cm³/mol. The fourth-order valence-corrected chi connectivity index (χ4v) is 3.59.